The predicted molar refractivity (Wildman–Crippen MR) is 95.4 cm³/mol. The molecule has 112 valence electrons. The van der Waals surface area contributed by atoms with Crippen LogP contribution in [0.15, 0.2) is 48.5 Å². The topological polar surface area (TPSA) is 0 Å². The van der Waals surface area contributed by atoms with E-state index >= 15 is 0 Å². The zero-order chi connectivity index (χ0) is 16.0. The van der Waals surface area contributed by atoms with Crippen molar-refractivity contribution >= 4 is 0 Å². The monoisotopic (exact) mass is 272 g/mol. The molecular weight excluding hydrogens is 240 g/mol. The Morgan fingerprint density at radius 3 is 1.45 bits per heavy atom. The van der Waals surface area contributed by atoms with E-state index in [0.29, 0.717) is 0 Å². The number of aryl methyl sites for hydroxylation is 2. The van der Waals surface area contributed by atoms with Crippen LogP contribution < -0.4 is 0 Å². The third kappa shape index (κ3) is 7.78. The standard InChI is InChI=1S/C14H14.3C2H6/c1-11-6-8-13(9-7-11)14-5-3-4-12(2)10-14;3*1-2/h3-10H,1-2H3;3*1-2H3. The largest absolute Gasteiger partial charge is 0.0683 e. The summed E-state index contributed by atoms with van der Waals surface area (Å²) in [5.41, 5.74) is 5.20. The van der Waals surface area contributed by atoms with Crippen LogP contribution in [0.3, 0.4) is 0 Å². The molecule has 0 heteroatoms. The minimum atomic E-state index is 1.29. The Balaban J connectivity index is 0. The summed E-state index contributed by atoms with van der Waals surface area (Å²) in [7, 11) is 0. The molecule has 0 fully saturated rings. The van der Waals surface area contributed by atoms with Gasteiger partial charge in [0.1, 0.15) is 0 Å². The van der Waals surface area contributed by atoms with Crippen LogP contribution in [0.5, 0.6) is 0 Å². The molecule has 2 aromatic carbocycles. The molecule has 2 aromatic rings. The van der Waals surface area contributed by atoms with Gasteiger partial charge in [-0.15, -0.1) is 0 Å². The molecule has 0 aliphatic carbocycles. The van der Waals surface area contributed by atoms with E-state index in [2.05, 4.69) is 62.4 Å². The highest BCUT2D eigenvalue weighted by Gasteiger charge is 1.96. The quantitative estimate of drug-likeness (QED) is 0.521. The van der Waals surface area contributed by atoms with Gasteiger partial charge >= 0.3 is 0 Å². The van der Waals surface area contributed by atoms with Gasteiger partial charge < -0.3 is 0 Å². The Kier molecular flexibility index (Phi) is 14.4. The lowest BCUT2D eigenvalue weighted by Crippen LogP contribution is -1.79. The van der Waals surface area contributed by atoms with Gasteiger partial charge in [0, 0.05) is 0 Å². The van der Waals surface area contributed by atoms with Crippen molar-refractivity contribution in [2.45, 2.75) is 55.4 Å². The Morgan fingerprint density at radius 2 is 1.00 bits per heavy atom. The molecule has 0 aliphatic heterocycles. The van der Waals surface area contributed by atoms with Gasteiger partial charge in [0.2, 0.25) is 0 Å². The summed E-state index contributed by atoms with van der Waals surface area (Å²) in [6.07, 6.45) is 0. The lowest BCUT2D eigenvalue weighted by atomic mass is 10.0. The molecule has 0 aliphatic rings. The fraction of sp³-hybridized carbons (Fsp3) is 0.400. The van der Waals surface area contributed by atoms with Gasteiger partial charge in [0.25, 0.3) is 0 Å². The smallest absolute Gasteiger partial charge is 0.0181 e. The van der Waals surface area contributed by atoms with Gasteiger partial charge in [0.15, 0.2) is 0 Å². The van der Waals surface area contributed by atoms with E-state index in [4.69, 9.17) is 0 Å². The van der Waals surface area contributed by atoms with E-state index in [0.717, 1.165) is 0 Å². The summed E-state index contributed by atoms with van der Waals surface area (Å²) >= 11 is 0. The maximum atomic E-state index is 2.21. The van der Waals surface area contributed by atoms with E-state index in [1.807, 2.05) is 41.5 Å². The van der Waals surface area contributed by atoms with Gasteiger partial charge in [-0.1, -0.05) is 101 Å². The summed E-state index contributed by atoms with van der Waals surface area (Å²) in [6.45, 7) is 16.2. The molecule has 0 saturated carbocycles. The van der Waals surface area contributed by atoms with Crippen molar-refractivity contribution in [3.05, 3.63) is 59.7 Å². The number of hydrogen-bond acceptors (Lipinski definition) is 0. The first kappa shape index (κ1) is 20.8. The Morgan fingerprint density at radius 1 is 0.500 bits per heavy atom. The lowest BCUT2D eigenvalue weighted by molar-refractivity contribution is 1.44. The van der Waals surface area contributed by atoms with Crippen molar-refractivity contribution in [2.24, 2.45) is 0 Å². The van der Waals surface area contributed by atoms with E-state index in [9.17, 15) is 0 Å². The zero-order valence-electron chi connectivity index (χ0n) is 14.6. The van der Waals surface area contributed by atoms with Crippen LogP contribution in [0.1, 0.15) is 52.7 Å². The maximum Gasteiger partial charge on any atom is -0.0181 e. The lowest BCUT2D eigenvalue weighted by Gasteiger charge is -2.02. The maximum absolute atomic E-state index is 2.21. The Bertz CT molecular complexity index is 424. The van der Waals surface area contributed by atoms with Crippen LogP contribution in [0.25, 0.3) is 11.1 Å². The van der Waals surface area contributed by atoms with Crippen LogP contribution in [0, 0.1) is 13.8 Å². The van der Waals surface area contributed by atoms with Gasteiger partial charge in [-0.25, -0.2) is 0 Å². The normalized spacial score (nSPS) is 8.00. The predicted octanol–water partition coefficient (Wildman–Crippen LogP) is 7.05. The molecule has 20 heavy (non-hydrogen) atoms. The van der Waals surface area contributed by atoms with Gasteiger partial charge in [-0.3, -0.25) is 0 Å². The summed E-state index contributed by atoms with van der Waals surface area (Å²) in [6, 6.07) is 17.2. The summed E-state index contributed by atoms with van der Waals surface area (Å²) < 4.78 is 0. The Labute approximate surface area is 126 Å². The minimum absolute atomic E-state index is 1.29. The third-order valence-corrected chi connectivity index (χ3v) is 2.40. The highest BCUT2D eigenvalue weighted by molar-refractivity contribution is 5.64. The summed E-state index contributed by atoms with van der Waals surface area (Å²) in [5.74, 6) is 0. The fourth-order valence-corrected chi connectivity index (χ4v) is 1.57. The average molecular weight is 272 g/mol. The van der Waals surface area contributed by atoms with E-state index in [1.165, 1.54) is 22.3 Å². The van der Waals surface area contributed by atoms with E-state index in [1.54, 1.807) is 0 Å². The van der Waals surface area contributed by atoms with Crippen molar-refractivity contribution < 1.29 is 0 Å². The number of benzene rings is 2. The highest BCUT2D eigenvalue weighted by Crippen LogP contribution is 2.20. The molecular formula is C20H32. The SMILES string of the molecule is CC.CC.CC.Cc1ccc(-c2cccc(C)c2)cc1. The molecule has 0 amide bonds. The van der Waals surface area contributed by atoms with Crippen LogP contribution in [-0.4, -0.2) is 0 Å². The van der Waals surface area contributed by atoms with Crippen LogP contribution >= 0.6 is 0 Å². The molecule has 0 heterocycles. The molecule has 0 bridgehead atoms. The van der Waals surface area contributed by atoms with Crippen molar-refractivity contribution in [1.29, 1.82) is 0 Å². The zero-order valence-corrected chi connectivity index (χ0v) is 14.6. The van der Waals surface area contributed by atoms with Gasteiger partial charge in [0.05, 0.1) is 0 Å². The number of rotatable bonds is 1. The van der Waals surface area contributed by atoms with E-state index in [-0.39, 0.29) is 0 Å². The molecule has 0 aromatic heterocycles. The third-order valence-electron chi connectivity index (χ3n) is 2.40. The second-order valence-electron chi connectivity index (χ2n) is 3.74. The minimum Gasteiger partial charge on any atom is -0.0683 e. The molecule has 2 rings (SSSR count). The highest BCUT2D eigenvalue weighted by atomic mass is 14.0. The second-order valence-corrected chi connectivity index (χ2v) is 3.74. The van der Waals surface area contributed by atoms with Crippen molar-refractivity contribution in [1.82, 2.24) is 0 Å². The average Bonchev–Trinajstić information content (AvgIpc) is 2.54. The molecule has 0 spiro atoms. The van der Waals surface area contributed by atoms with Crippen molar-refractivity contribution in [3.8, 4) is 11.1 Å². The van der Waals surface area contributed by atoms with Crippen LogP contribution in [0.2, 0.25) is 0 Å². The van der Waals surface area contributed by atoms with Crippen LogP contribution in [-0.2, 0) is 0 Å². The second kappa shape index (κ2) is 13.9. The Hall–Kier alpha value is -1.56. The molecule has 0 radical (unpaired) electrons. The van der Waals surface area contributed by atoms with Gasteiger partial charge in [-0.2, -0.15) is 0 Å². The first-order valence-corrected chi connectivity index (χ1v) is 7.89. The van der Waals surface area contributed by atoms with Gasteiger partial charge in [-0.05, 0) is 25.0 Å². The molecule has 0 nitrogen and oxygen atoms in total. The fourth-order valence-electron chi connectivity index (χ4n) is 1.57. The molecule has 0 N–H and O–H groups in total. The first-order valence-electron chi connectivity index (χ1n) is 7.89. The van der Waals surface area contributed by atoms with Crippen molar-refractivity contribution in [3.63, 3.8) is 0 Å². The number of hydrogen-bond donors (Lipinski definition) is 0. The summed E-state index contributed by atoms with van der Waals surface area (Å²) in [4.78, 5) is 0. The van der Waals surface area contributed by atoms with E-state index < -0.39 is 0 Å². The first-order chi connectivity index (χ1) is 9.75. The molecule has 0 atom stereocenters. The molecule has 0 unspecified atom stereocenters. The summed E-state index contributed by atoms with van der Waals surface area (Å²) in [5, 5.41) is 0. The van der Waals surface area contributed by atoms with Crippen LogP contribution in [0.4, 0.5) is 0 Å². The van der Waals surface area contributed by atoms with Crippen molar-refractivity contribution in [2.75, 3.05) is 0 Å². The molecule has 0 saturated heterocycles.